The van der Waals surface area contributed by atoms with E-state index in [2.05, 4.69) is 49.5 Å². The highest BCUT2D eigenvalue weighted by Crippen LogP contribution is 2.41. The summed E-state index contributed by atoms with van der Waals surface area (Å²) in [5.74, 6) is 2.45. The van der Waals surface area contributed by atoms with Gasteiger partial charge in [0.15, 0.2) is 11.5 Å². The molecule has 1 heterocycles. The van der Waals surface area contributed by atoms with E-state index in [0.29, 0.717) is 19.1 Å². The Morgan fingerprint density at radius 2 is 1.81 bits per heavy atom. The molecule has 0 spiro atoms. The Balaban J connectivity index is 1.80. The summed E-state index contributed by atoms with van der Waals surface area (Å²) in [4.78, 5) is 0. The van der Waals surface area contributed by atoms with Crippen molar-refractivity contribution in [1.29, 1.82) is 0 Å². The Morgan fingerprint density at radius 1 is 1.10 bits per heavy atom. The van der Waals surface area contributed by atoms with E-state index in [-0.39, 0.29) is 5.41 Å². The summed E-state index contributed by atoms with van der Waals surface area (Å²) < 4.78 is 11.4. The molecule has 1 N–H and O–H groups in total. The van der Waals surface area contributed by atoms with E-state index in [9.17, 15) is 0 Å². The molecular formula is C18H25NO2. The van der Waals surface area contributed by atoms with Gasteiger partial charge in [0.1, 0.15) is 13.2 Å². The molecule has 0 radical (unpaired) electrons. The van der Waals surface area contributed by atoms with E-state index in [1.807, 2.05) is 0 Å². The quantitative estimate of drug-likeness (QED) is 0.843. The van der Waals surface area contributed by atoms with Gasteiger partial charge in [-0.3, -0.25) is 0 Å². The molecule has 0 amide bonds. The van der Waals surface area contributed by atoms with Gasteiger partial charge < -0.3 is 14.8 Å². The van der Waals surface area contributed by atoms with Crippen LogP contribution in [0.15, 0.2) is 30.4 Å². The van der Waals surface area contributed by atoms with E-state index >= 15 is 0 Å². The molecule has 3 heteroatoms. The van der Waals surface area contributed by atoms with Gasteiger partial charge in [-0.1, -0.05) is 32.1 Å². The predicted octanol–water partition coefficient (Wildman–Crippen LogP) is 3.29. The van der Waals surface area contributed by atoms with Crippen molar-refractivity contribution < 1.29 is 9.47 Å². The lowest BCUT2D eigenvalue weighted by Gasteiger charge is -2.32. The standard InChI is InChI=1S/C18H25NO2/c1-14(2)12-19-13-18(7-3-4-8-18)15-5-6-16-17(11-15)21-10-9-20-16/h3-6,11,14,19H,7-10,12-13H2,1-2H3. The Kier molecular flexibility index (Phi) is 4.20. The summed E-state index contributed by atoms with van der Waals surface area (Å²) in [6.07, 6.45) is 6.79. The molecule has 1 aromatic carbocycles. The first kappa shape index (κ1) is 14.5. The highest BCUT2D eigenvalue weighted by atomic mass is 16.6. The Labute approximate surface area is 127 Å². The molecule has 3 nitrogen and oxygen atoms in total. The fourth-order valence-electron chi connectivity index (χ4n) is 3.16. The molecule has 0 saturated carbocycles. The van der Waals surface area contributed by atoms with Gasteiger partial charge >= 0.3 is 0 Å². The van der Waals surface area contributed by atoms with Gasteiger partial charge in [-0.15, -0.1) is 0 Å². The molecule has 0 aromatic heterocycles. The summed E-state index contributed by atoms with van der Waals surface area (Å²) in [5.41, 5.74) is 1.53. The second-order valence-electron chi connectivity index (χ2n) is 6.54. The summed E-state index contributed by atoms with van der Waals surface area (Å²) in [6, 6.07) is 6.45. The number of fused-ring (bicyclic) bond motifs is 1. The largest absolute Gasteiger partial charge is 0.486 e. The van der Waals surface area contributed by atoms with E-state index < -0.39 is 0 Å². The topological polar surface area (TPSA) is 30.5 Å². The van der Waals surface area contributed by atoms with Crippen LogP contribution in [0.25, 0.3) is 0 Å². The van der Waals surface area contributed by atoms with Crippen LogP contribution in [-0.2, 0) is 5.41 Å². The van der Waals surface area contributed by atoms with Gasteiger partial charge in [0.25, 0.3) is 0 Å². The fourth-order valence-corrected chi connectivity index (χ4v) is 3.16. The highest BCUT2D eigenvalue weighted by Gasteiger charge is 2.33. The Hall–Kier alpha value is -1.48. The SMILES string of the molecule is CC(C)CNCC1(c2ccc3c(c2)OCCO3)CC=CC1. The van der Waals surface area contributed by atoms with Crippen molar-refractivity contribution in [3.05, 3.63) is 35.9 Å². The molecule has 0 saturated heterocycles. The van der Waals surface area contributed by atoms with Gasteiger partial charge in [-0.25, -0.2) is 0 Å². The summed E-state index contributed by atoms with van der Waals surface area (Å²) in [7, 11) is 0. The number of hydrogen-bond donors (Lipinski definition) is 1. The molecule has 0 atom stereocenters. The van der Waals surface area contributed by atoms with Gasteiger partial charge in [0.05, 0.1) is 0 Å². The summed E-state index contributed by atoms with van der Waals surface area (Å²) in [6.45, 7) is 7.86. The van der Waals surface area contributed by atoms with Gasteiger partial charge in [-0.2, -0.15) is 0 Å². The van der Waals surface area contributed by atoms with Crippen molar-refractivity contribution in [2.24, 2.45) is 5.92 Å². The molecule has 21 heavy (non-hydrogen) atoms. The molecule has 114 valence electrons. The second-order valence-corrected chi connectivity index (χ2v) is 6.54. The van der Waals surface area contributed by atoms with Crippen LogP contribution in [-0.4, -0.2) is 26.3 Å². The number of rotatable bonds is 5. The monoisotopic (exact) mass is 287 g/mol. The van der Waals surface area contributed by atoms with Crippen LogP contribution in [0.2, 0.25) is 0 Å². The normalized spacial score (nSPS) is 19.2. The number of allylic oxidation sites excluding steroid dienone is 2. The lowest BCUT2D eigenvalue weighted by atomic mass is 9.78. The van der Waals surface area contributed by atoms with Gasteiger partial charge in [0, 0.05) is 12.0 Å². The molecule has 1 aliphatic carbocycles. The van der Waals surface area contributed by atoms with Crippen LogP contribution in [0.4, 0.5) is 0 Å². The first-order valence-corrected chi connectivity index (χ1v) is 7.95. The van der Waals surface area contributed by atoms with Crippen molar-refractivity contribution in [3.63, 3.8) is 0 Å². The zero-order valence-corrected chi connectivity index (χ0v) is 13.0. The smallest absolute Gasteiger partial charge is 0.161 e. The lowest BCUT2D eigenvalue weighted by molar-refractivity contribution is 0.171. The van der Waals surface area contributed by atoms with Crippen LogP contribution < -0.4 is 14.8 Å². The Bertz CT molecular complexity index is 514. The number of ether oxygens (including phenoxy) is 2. The predicted molar refractivity (Wildman–Crippen MR) is 85.2 cm³/mol. The summed E-state index contributed by atoms with van der Waals surface area (Å²) >= 11 is 0. The zero-order valence-electron chi connectivity index (χ0n) is 13.0. The third kappa shape index (κ3) is 3.08. The minimum absolute atomic E-state index is 0.171. The van der Waals surface area contributed by atoms with Crippen LogP contribution in [0.3, 0.4) is 0 Å². The minimum atomic E-state index is 0.171. The van der Waals surface area contributed by atoms with Gasteiger partial charge in [-0.05, 0) is 43.0 Å². The molecular weight excluding hydrogens is 262 g/mol. The van der Waals surface area contributed by atoms with Crippen molar-refractivity contribution in [2.75, 3.05) is 26.3 Å². The van der Waals surface area contributed by atoms with Crippen molar-refractivity contribution in [3.8, 4) is 11.5 Å². The highest BCUT2D eigenvalue weighted by molar-refractivity contribution is 5.47. The minimum Gasteiger partial charge on any atom is -0.486 e. The van der Waals surface area contributed by atoms with Crippen LogP contribution in [0.5, 0.6) is 11.5 Å². The first-order chi connectivity index (χ1) is 10.2. The van der Waals surface area contributed by atoms with Crippen molar-refractivity contribution >= 4 is 0 Å². The van der Waals surface area contributed by atoms with Crippen LogP contribution in [0, 0.1) is 5.92 Å². The number of benzene rings is 1. The molecule has 2 aliphatic rings. The van der Waals surface area contributed by atoms with Crippen molar-refractivity contribution in [1.82, 2.24) is 5.32 Å². The zero-order chi connectivity index (χ0) is 14.7. The number of nitrogens with one attached hydrogen (secondary N) is 1. The lowest BCUT2D eigenvalue weighted by Crippen LogP contribution is -2.37. The third-order valence-corrected chi connectivity index (χ3v) is 4.35. The fraction of sp³-hybridized carbons (Fsp3) is 0.556. The third-order valence-electron chi connectivity index (χ3n) is 4.35. The van der Waals surface area contributed by atoms with Crippen LogP contribution >= 0.6 is 0 Å². The molecule has 0 bridgehead atoms. The maximum atomic E-state index is 5.75. The maximum Gasteiger partial charge on any atom is 0.161 e. The maximum absolute atomic E-state index is 5.75. The molecule has 1 aromatic rings. The molecule has 0 fully saturated rings. The van der Waals surface area contributed by atoms with E-state index in [1.165, 1.54) is 5.56 Å². The van der Waals surface area contributed by atoms with E-state index in [0.717, 1.165) is 37.4 Å². The van der Waals surface area contributed by atoms with Crippen molar-refractivity contribution in [2.45, 2.75) is 32.1 Å². The average molecular weight is 287 g/mol. The van der Waals surface area contributed by atoms with E-state index in [1.54, 1.807) is 0 Å². The first-order valence-electron chi connectivity index (χ1n) is 7.95. The second kappa shape index (κ2) is 6.10. The van der Waals surface area contributed by atoms with E-state index in [4.69, 9.17) is 9.47 Å². The summed E-state index contributed by atoms with van der Waals surface area (Å²) in [5, 5.41) is 3.63. The molecule has 1 aliphatic heterocycles. The molecule has 0 unspecified atom stereocenters. The van der Waals surface area contributed by atoms with Crippen LogP contribution in [0.1, 0.15) is 32.3 Å². The number of hydrogen-bond acceptors (Lipinski definition) is 3. The Morgan fingerprint density at radius 3 is 2.52 bits per heavy atom. The molecule has 3 rings (SSSR count). The average Bonchev–Trinajstić information content (AvgIpc) is 2.96. The van der Waals surface area contributed by atoms with Gasteiger partial charge in [0.2, 0.25) is 0 Å².